The number of hydrogen-bond acceptors (Lipinski definition) is 4. The normalized spacial score (nSPS) is 18.5. The summed E-state index contributed by atoms with van der Waals surface area (Å²) in [7, 11) is 3.30. The first-order valence-electron chi connectivity index (χ1n) is 10.4. The fourth-order valence-electron chi connectivity index (χ4n) is 4.73. The maximum atomic E-state index is 13.3. The number of nitrogens with zero attached hydrogens (tertiary/aromatic N) is 3. The van der Waals surface area contributed by atoms with Gasteiger partial charge in [0.05, 0.1) is 19.9 Å². The van der Waals surface area contributed by atoms with E-state index in [0.29, 0.717) is 18.5 Å². The van der Waals surface area contributed by atoms with Crippen molar-refractivity contribution in [3.63, 3.8) is 0 Å². The van der Waals surface area contributed by atoms with Crippen LogP contribution in [0.3, 0.4) is 0 Å². The lowest BCUT2D eigenvalue weighted by atomic mass is 9.82. The first-order valence-corrected chi connectivity index (χ1v) is 11.0. The number of aromatic nitrogens is 2. The van der Waals surface area contributed by atoms with Crippen molar-refractivity contribution < 1.29 is 9.47 Å². The Morgan fingerprint density at radius 3 is 2.45 bits per heavy atom. The minimum Gasteiger partial charge on any atom is -0.497 e. The fourth-order valence-corrected chi connectivity index (χ4v) is 4.95. The molecule has 0 fully saturated rings. The number of alkyl halides is 1. The Balaban J connectivity index is 1.93. The monoisotopic (exact) mass is 441 g/mol. The van der Waals surface area contributed by atoms with Crippen LogP contribution in [-0.2, 0) is 22.0 Å². The van der Waals surface area contributed by atoms with E-state index in [0.717, 1.165) is 40.4 Å². The van der Waals surface area contributed by atoms with Crippen LogP contribution >= 0.6 is 11.6 Å². The number of ether oxygens (including phenoxy) is 2. The lowest BCUT2D eigenvalue weighted by Crippen LogP contribution is -2.43. The highest BCUT2D eigenvalue weighted by Gasteiger charge is 2.32. The molecule has 1 unspecified atom stereocenters. The molecule has 2 aliphatic rings. The van der Waals surface area contributed by atoms with Crippen molar-refractivity contribution in [3.8, 4) is 0 Å². The minimum atomic E-state index is -0.131. The molecule has 4 rings (SSSR count). The molecule has 31 heavy (non-hydrogen) atoms. The minimum absolute atomic E-state index is 0.0479. The summed E-state index contributed by atoms with van der Waals surface area (Å²) in [6, 6.07) is 6.26. The third-order valence-electron chi connectivity index (χ3n) is 6.18. The maximum absolute atomic E-state index is 13.3. The van der Waals surface area contributed by atoms with Gasteiger partial charge in [0.15, 0.2) is 5.76 Å². The maximum Gasteiger partial charge on any atom is 0.330 e. The van der Waals surface area contributed by atoms with Crippen LogP contribution in [-0.4, -0.2) is 23.4 Å². The fraction of sp³-hybridized carbons (Fsp3) is 0.417. The van der Waals surface area contributed by atoms with Gasteiger partial charge in [0, 0.05) is 30.6 Å². The molecule has 2 heterocycles. The molecule has 0 N–H and O–H groups in total. The zero-order valence-corrected chi connectivity index (χ0v) is 19.4. The van der Waals surface area contributed by atoms with Gasteiger partial charge in [-0.25, -0.2) is 9.79 Å². The number of methoxy groups -OCH3 is 2. The Labute approximate surface area is 187 Å². The second-order valence-corrected chi connectivity index (χ2v) is 8.43. The molecule has 0 saturated carbocycles. The Hall–Kier alpha value is -2.73. The Kier molecular flexibility index (Phi) is 5.84. The molecule has 1 atom stereocenters. The summed E-state index contributed by atoms with van der Waals surface area (Å²) in [5, 5.41) is 0. The van der Waals surface area contributed by atoms with Gasteiger partial charge in [-0.15, -0.1) is 11.6 Å². The van der Waals surface area contributed by atoms with Gasteiger partial charge in [-0.05, 0) is 44.4 Å². The van der Waals surface area contributed by atoms with Crippen LogP contribution in [0.15, 0.2) is 51.2 Å². The number of hydrogen-bond donors (Lipinski definition) is 0. The second kappa shape index (κ2) is 8.42. The Morgan fingerprint density at radius 2 is 1.84 bits per heavy atom. The molecule has 1 aliphatic carbocycles. The highest BCUT2D eigenvalue weighted by molar-refractivity contribution is 6.15. The molecule has 6 nitrogen and oxygen atoms in total. The quantitative estimate of drug-likeness (QED) is 0.664. The summed E-state index contributed by atoms with van der Waals surface area (Å²) >= 11 is 6.21. The van der Waals surface area contributed by atoms with E-state index in [4.69, 9.17) is 26.1 Å². The van der Waals surface area contributed by atoms with Gasteiger partial charge in [-0.3, -0.25) is 9.13 Å². The zero-order chi connectivity index (χ0) is 22.3. The molecule has 0 amide bonds. The van der Waals surface area contributed by atoms with Crippen molar-refractivity contribution in [3.05, 3.63) is 79.7 Å². The highest BCUT2D eigenvalue weighted by Crippen LogP contribution is 2.40. The number of fused-ring (bicyclic) bond motifs is 3. The molecule has 2 aromatic rings. The smallest absolute Gasteiger partial charge is 0.330 e. The standard InChI is InChI=1S/C24H28ClN3O3/c1-14-8-15(2)23(16(3)9-14)26-22-12-19-18-11-21(31-5)20(30-4)10-17(18)6-7-27(19)24(29)28(22)13-25/h8-10,12,18H,6-7,11,13H2,1-5H3/b26-22+. The average Bonchev–Trinajstić information content (AvgIpc) is 2.75. The van der Waals surface area contributed by atoms with Crippen LogP contribution < -0.4 is 11.2 Å². The van der Waals surface area contributed by atoms with Crippen LogP contribution in [0, 0.1) is 20.8 Å². The van der Waals surface area contributed by atoms with E-state index in [9.17, 15) is 4.79 Å². The number of benzene rings is 1. The lowest BCUT2D eigenvalue weighted by molar-refractivity contribution is 0.211. The number of allylic oxidation sites excluding steroid dienone is 3. The molecular formula is C24H28ClN3O3. The van der Waals surface area contributed by atoms with Crippen LogP contribution in [0.1, 0.15) is 41.1 Å². The third kappa shape index (κ3) is 3.74. The molecule has 0 spiro atoms. The average molecular weight is 442 g/mol. The molecular weight excluding hydrogens is 414 g/mol. The van der Waals surface area contributed by atoms with Gasteiger partial charge in [0.25, 0.3) is 0 Å². The van der Waals surface area contributed by atoms with Gasteiger partial charge in [-0.1, -0.05) is 23.3 Å². The van der Waals surface area contributed by atoms with Crippen molar-refractivity contribution >= 4 is 17.3 Å². The van der Waals surface area contributed by atoms with E-state index in [1.807, 2.05) is 24.5 Å². The van der Waals surface area contributed by atoms with Crippen molar-refractivity contribution in [2.75, 3.05) is 14.2 Å². The predicted molar refractivity (Wildman–Crippen MR) is 122 cm³/mol. The van der Waals surface area contributed by atoms with E-state index in [-0.39, 0.29) is 17.6 Å². The predicted octanol–water partition coefficient (Wildman–Crippen LogP) is 4.33. The van der Waals surface area contributed by atoms with Crippen molar-refractivity contribution in [1.82, 2.24) is 9.13 Å². The summed E-state index contributed by atoms with van der Waals surface area (Å²) in [6.07, 6.45) is 3.49. The van der Waals surface area contributed by atoms with E-state index in [1.165, 1.54) is 15.7 Å². The molecule has 7 heteroatoms. The van der Waals surface area contributed by atoms with E-state index in [1.54, 1.807) is 14.2 Å². The summed E-state index contributed by atoms with van der Waals surface area (Å²) in [5.41, 5.74) is 6.84. The van der Waals surface area contributed by atoms with Gasteiger partial charge in [0.1, 0.15) is 17.3 Å². The van der Waals surface area contributed by atoms with E-state index in [2.05, 4.69) is 25.1 Å². The lowest BCUT2D eigenvalue weighted by Gasteiger charge is -2.33. The Bertz CT molecular complexity index is 1210. The van der Waals surface area contributed by atoms with Gasteiger partial charge >= 0.3 is 5.69 Å². The van der Waals surface area contributed by atoms with Gasteiger partial charge in [-0.2, -0.15) is 0 Å². The summed E-state index contributed by atoms with van der Waals surface area (Å²) in [6.45, 7) is 6.76. The van der Waals surface area contributed by atoms with Crippen molar-refractivity contribution in [2.24, 2.45) is 4.99 Å². The van der Waals surface area contributed by atoms with Crippen LogP contribution in [0.5, 0.6) is 0 Å². The third-order valence-corrected chi connectivity index (χ3v) is 6.42. The first-order chi connectivity index (χ1) is 14.9. The zero-order valence-electron chi connectivity index (χ0n) is 18.7. The van der Waals surface area contributed by atoms with Gasteiger partial charge in [0.2, 0.25) is 0 Å². The molecule has 1 aromatic carbocycles. The second-order valence-electron chi connectivity index (χ2n) is 8.19. The van der Waals surface area contributed by atoms with Crippen LogP contribution in [0.4, 0.5) is 5.69 Å². The van der Waals surface area contributed by atoms with E-state index < -0.39 is 0 Å². The molecule has 0 bridgehead atoms. The topological polar surface area (TPSA) is 57.8 Å². The molecule has 1 aromatic heterocycles. The van der Waals surface area contributed by atoms with E-state index >= 15 is 0 Å². The summed E-state index contributed by atoms with van der Waals surface area (Å²) in [4.78, 5) is 18.2. The molecule has 1 aliphatic heterocycles. The molecule has 0 radical (unpaired) electrons. The summed E-state index contributed by atoms with van der Waals surface area (Å²) in [5.74, 6) is 1.59. The van der Waals surface area contributed by atoms with Crippen molar-refractivity contribution in [1.29, 1.82) is 0 Å². The van der Waals surface area contributed by atoms with Crippen molar-refractivity contribution in [2.45, 2.75) is 52.1 Å². The largest absolute Gasteiger partial charge is 0.497 e. The molecule has 0 saturated heterocycles. The summed E-state index contributed by atoms with van der Waals surface area (Å²) < 4.78 is 14.4. The molecule has 164 valence electrons. The first kappa shape index (κ1) is 21.5. The SMILES string of the molecule is COC1=C(OC)CC2C(=C1)CCn1c2c/c(=N\c2c(C)cc(C)cc2C)n(CCl)c1=O. The highest BCUT2D eigenvalue weighted by atomic mass is 35.5. The van der Waals surface area contributed by atoms with Crippen LogP contribution in [0.25, 0.3) is 0 Å². The number of rotatable bonds is 4. The van der Waals surface area contributed by atoms with Crippen LogP contribution in [0.2, 0.25) is 0 Å². The number of halogens is 1. The Morgan fingerprint density at radius 1 is 1.13 bits per heavy atom. The number of aryl methyl sites for hydroxylation is 3. The van der Waals surface area contributed by atoms with Gasteiger partial charge < -0.3 is 9.47 Å².